The molecule has 4 N–H and O–H groups in total. The van der Waals surface area contributed by atoms with E-state index in [1.807, 2.05) is 20.8 Å². The average molecular weight is 677 g/mol. The number of aliphatic hydroxyl groups is 3. The molecule has 0 bridgehead atoms. The molecule has 13 heteroatoms. The molecule has 3 saturated carbocycles. The van der Waals surface area contributed by atoms with Crippen molar-refractivity contribution >= 4 is 23.9 Å². The van der Waals surface area contributed by atoms with Crippen molar-refractivity contribution < 1.29 is 63.3 Å². The standard InChI is InChI=1S/C35H48O13/c1-8-17(2)31(43)47-23-13-24(46-18(3)37)35(15-36)16-45-26-27(35)34(23,6)21-9-10-32(4)22(33(21,5)28(26)40)12-25(39)48-29(32)19(14-44-7)11-20(38)30(41)42/h8,12,14,20-21,23-24,26-29,36,38,40H,9-11,13,15-16H2,1-7H3,(H,41,42)/b17-8-,19-14+. The summed E-state index contributed by atoms with van der Waals surface area (Å²) in [5, 5.41) is 43.3. The largest absolute Gasteiger partial charge is 0.504 e. The van der Waals surface area contributed by atoms with Gasteiger partial charge in [0, 0.05) is 59.2 Å². The van der Waals surface area contributed by atoms with E-state index in [-0.39, 0.29) is 25.0 Å². The van der Waals surface area contributed by atoms with Crippen LogP contribution in [0.15, 0.2) is 35.1 Å². The first kappa shape index (κ1) is 36.0. The molecule has 1 saturated heterocycles. The first-order valence-electron chi connectivity index (χ1n) is 16.4. The number of cyclic esters (lactones) is 1. The van der Waals surface area contributed by atoms with E-state index >= 15 is 0 Å². The molecule has 0 aromatic carbocycles. The number of aliphatic hydroxyl groups excluding tert-OH is 3. The Morgan fingerprint density at radius 2 is 1.83 bits per heavy atom. The number of esters is 3. The van der Waals surface area contributed by atoms with E-state index < -0.39 is 101 Å². The molecule has 3 aliphatic carbocycles. The maximum atomic E-state index is 13.4. The number of fused-ring (bicyclic) bond motifs is 4. The minimum atomic E-state index is -1.78. The van der Waals surface area contributed by atoms with E-state index in [0.29, 0.717) is 24.0 Å². The van der Waals surface area contributed by atoms with E-state index in [9.17, 15) is 39.6 Å². The number of hydrogen-bond donors (Lipinski definition) is 4. The second-order valence-electron chi connectivity index (χ2n) is 14.8. The number of carboxylic acids is 1. The molecule has 4 fully saturated rings. The van der Waals surface area contributed by atoms with Gasteiger partial charge >= 0.3 is 23.9 Å². The molecule has 13 nitrogen and oxygen atoms in total. The maximum Gasteiger partial charge on any atom is 0.333 e. The van der Waals surface area contributed by atoms with Crippen LogP contribution >= 0.6 is 0 Å². The lowest BCUT2D eigenvalue weighted by Gasteiger charge is -2.70. The first-order valence-corrected chi connectivity index (χ1v) is 16.4. The third-order valence-electron chi connectivity index (χ3n) is 12.5. The lowest BCUT2D eigenvalue weighted by Crippen LogP contribution is -2.74. The summed E-state index contributed by atoms with van der Waals surface area (Å²) >= 11 is 0. The summed E-state index contributed by atoms with van der Waals surface area (Å²) in [5.41, 5.74) is -2.99. The molecule has 5 rings (SSSR count). The Hall–Kier alpha value is -3.26. The van der Waals surface area contributed by atoms with Gasteiger partial charge in [0.2, 0.25) is 0 Å². The highest BCUT2D eigenvalue weighted by Gasteiger charge is 2.78. The molecular weight excluding hydrogens is 628 g/mol. The molecule has 266 valence electrons. The number of hydrogen-bond acceptors (Lipinski definition) is 12. The highest BCUT2D eigenvalue weighted by atomic mass is 16.6. The van der Waals surface area contributed by atoms with Gasteiger partial charge in [-0.25, -0.2) is 14.4 Å². The molecule has 0 spiro atoms. The van der Waals surface area contributed by atoms with Gasteiger partial charge in [0.05, 0.1) is 44.2 Å². The van der Waals surface area contributed by atoms with Gasteiger partial charge in [-0.2, -0.15) is 0 Å². The predicted molar refractivity (Wildman–Crippen MR) is 167 cm³/mol. The lowest BCUT2D eigenvalue weighted by molar-refractivity contribution is -0.270. The number of ether oxygens (including phenoxy) is 5. The van der Waals surface area contributed by atoms with E-state index in [1.54, 1.807) is 19.9 Å². The topological polar surface area (TPSA) is 195 Å². The highest BCUT2D eigenvalue weighted by Crippen LogP contribution is 2.74. The monoisotopic (exact) mass is 676 g/mol. The van der Waals surface area contributed by atoms with Crippen molar-refractivity contribution in [3.8, 4) is 0 Å². The van der Waals surface area contributed by atoms with Crippen molar-refractivity contribution in [2.24, 2.45) is 33.5 Å². The quantitative estimate of drug-likeness (QED) is 0.120. The minimum absolute atomic E-state index is 0.0183. The summed E-state index contributed by atoms with van der Waals surface area (Å²) in [7, 11) is 1.37. The smallest absolute Gasteiger partial charge is 0.333 e. The predicted octanol–water partition coefficient (Wildman–Crippen LogP) is 2.21. The van der Waals surface area contributed by atoms with Crippen LogP contribution in [0.25, 0.3) is 0 Å². The SMILES string of the molecule is C/C=C(/C)C(=O)OC1CC(OC(C)=O)C2(CO)COC3C(O)C4(C)C5=CC(=O)OC(/C(=C/OC)CC(O)C(=O)O)C5(C)CCC4C1(C)C32. The van der Waals surface area contributed by atoms with Crippen LogP contribution < -0.4 is 0 Å². The summed E-state index contributed by atoms with van der Waals surface area (Å²) in [6.45, 7) is 9.95. The van der Waals surface area contributed by atoms with Gasteiger partial charge in [-0.15, -0.1) is 0 Å². The second-order valence-corrected chi connectivity index (χ2v) is 14.8. The molecule has 0 radical (unpaired) electrons. The summed E-state index contributed by atoms with van der Waals surface area (Å²) < 4.78 is 29.6. The van der Waals surface area contributed by atoms with E-state index in [1.165, 1.54) is 26.4 Å². The van der Waals surface area contributed by atoms with Gasteiger partial charge in [-0.3, -0.25) is 4.79 Å². The Labute approximate surface area is 279 Å². The van der Waals surface area contributed by atoms with Gasteiger partial charge in [0.1, 0.15) is 18.3 Å². The van der Waals surface area contributed by atoms with E-state index in [4.69, 9.17) is 23.7 Å². The molecule has 0 aromatic rings. The number of aliphatic carboxylic acids is 1. The summed E-state index contributed by atoms with van der Waals surface area (Å²) in [6.07, 6.45) is -1.77. The van der Waals surface area contributed by atoms with Crippen molar-refractivity contribution in [2.75, 3.05) is 20.3 Å². The van der Waals surface area contributed by atoms with Crippen LogP contribution in [0.4, 0.5) is 0 Å². The van der Waals surface area contributed by atoms with Crippen LogP contribution in [0.3, 0.4) is 0 Å². The Balaban J connectivity index is 1.68. The van der Waals surface area contributed by atoms with Crippen molar-refractivity contribution in [3.63, 3.8) is 0 Å². The zero-order chi connectivity index (χ0) is 35.6. The van der Waals surface area contributed by atoms with Gasteiger partial charge in [0.15, 0.2) is 6.10 Å². The van der Waals surface area contributed by atoms with E-state index in [0.717, 1.165) is 0 Å². The molecular formula is C35H48O13. The zero-order valence-corrected chi connectivity index (χ0v) is 28.6. The number of carboxylic acid groups (broad SMARTS) is 1. The molecule has 48 heavy (non-hydrogen) atoms. The number of carbonyl (C=O) groups is 4. The Kier molecular flexibility index (Phi) is 9.43. The van der Waals surface area contributed by atoms with Gasteiger partial charge in [-0.1, -0.05) is 26.8 Å². The van der Waals surface area contributed by atoms with E-state index in [2.05, 4.69) is 0 Å². The zero-order valence-electron chi connectivity index (χ0n) is 28.6. The fraction of sp³-hybridized carbons (Fsp3) is 0.714. The second kappa shape index (κ2) is 12.6. The van der Waals surface area contributed by atoms with Crippen LogP contribution in [0.2, 0.25) is 0 Å². The third-order valence-corrected chi connectivity index (χ3v) is 12.5. The number of carbonyl (C=O) groups excluding carboxylic acids is 3. The number of rotatable bonds is 9. The first-order chi connectivity index (χ1) is 22.5. The molecule has 5 aliphatic rings. The van der Waals surface area contributed by atoms with Crippen molar-refractivity contribution in [1.29, 1.82) is 0 Å². The molecule has 0 amide bonds. The Morgan fingerprint density at radius 3 is 2.42 bits per heavy atom. The molecule has 0 aromatic heterocycles. The van der Waals surface area contributed by atoms with Gasteiger partial charge in [-0.05, 0) is 38.2 Å². The fourth-order valence-electron chi connectivity index (χ4n) is 10.3. The van der Waals surface area contributed by atoms with Crippen LogP contribution in [-0.4, -0.2) is 101 Å². The summed E-state index contributed by atoms with van der Waals surface area (Å²) in [6, 6.07) is 0. The van der Waals surface area contributed by atoms with Gasteiger partial charge in [0.25, 0.3) is 0 Å². The maximum absolute atomic E-state index is 13.4. The minimum Gasteiger partial charge on any atom is -0.504 e. The molecule has 2 heterocycles. The van der Waals surface area contributed by atoms with Crippen LogP contribution in [0.1, 0.15) is 67.2 Å². The fourth-order valence-corrected chi connectivity index (χ4v) is 10.3. The molecule has 12 atom stereocenters. The highest BCUT2D eigenvalue weighted by molar-refractivity contribution is 5.88. The van der Waals surface area contributed by atoms with Crippen molar-refractivity contribution in [1.82, 2.24) is 0 Å². The molecule has 12 unspecified atom stereocenters. The Bertz CT molecular complexity index is 1450. The van der Waals surface area contributed by atoms with Crippen molar-refractivity contribution in [3.05, 3.63) is 35.1 Å². The lowest BCUT2D eigenvalue weighted by atomic mass is 9.35. The number of methoxy groups -OCH3 is 1. The Morgan fingerprint density at radius 1 is 1.15 bits per heavy atom. The van der Waals surface area contributed by atoms with Crippen molar-refractivity contribution in [2.45, 2.75) is 104 Å². The third kappa shape index (κ3) is 5.11. The van der Waals surface area contributed by atoms with Gasteiger partial charge < -0.3 is 44.1 Å². The average Bonchev–Trinajstić information content (AvgIpc) is 3.44. The molecule has 2 aliphatic heterocycles. The summed E-state index contributed by atoms with van der Waals surface area (Å²) in [5.74, 6) is -4.31. The summed E-state index contributed by atoms with van der Waals surface area (Å²) in [4.78, 5) is 50.7. The van der Waals surface area contributed by atoms with Crippen LogP contribution in [-0.2, 0) is 42.9 Å². The van der Waals surface area contributed by atoms with Crippen LogP contribution in [0.5, 0.6) is 0 Å². The normalized spacial score (nSPS) is 42.7. The van der Waals surface area contributed by atoms with Crippen LogP contribution in [0, 0.1) is 33.5 Å². The number of allylic oxidation sites excluding steroid dienone is 1.